The van der Waals surface area contributed by atoms with Gasteiger partial charge < -0.3 is 14.6 Å². The van der Waals surface area contributed by atoms with Crippen LogP contribution >= 0.6 is 0 Å². The molecule has 4 rings (SSSR count). The van der Waals surface area contributed by atoms with Crippen molar-refractivity contribution in [3.8, 4) is 22.6 Å². The first-order valence-corrected chi connectivity index (χ1v) is 12.7. The number of sulfonamides is 1. The molecule has 0 amide bonds. The number of rotatable bonds is 7. The van der Waals surface area contributed by atoms with Crippen LogP contribution in [0.3, 0.4) is 0 Å². The smallest absolute Gasteiger partial charge is 0.309 e. The SMILES string of the molecule is COc1cccc(-c2ccc3c(c2)N(S(=O)(=O)c2cccc(C)c2)C[C@H](CC(C)(C)C(=O)O)O3)c1. The number of aliphatic carboxylic acids is 1. The van der Waals surface area contributed by atoms with Gasteiger partial charge in [0.25, 0.3) is 10.0 Å². The molecule has 1 atom stereocenters. The lowest BCUT2D eigenvalue weighted by molar-refractivity contribution is -0.148. The number of carboxylic acids is 1. The molecule has 0 fully saturated rings. The van der Waals surface area contributed by atoms with Gasteiger partial charge >= 0.3 is 5.97 Å². The molecule has 3 aromatic carbocycles. The first kappa shape index (κ1) is 24.6. The predicted octanol–water partition coefficient (Wildman–Crippen LogP) is 5.13. The van der Waals surface area contributed by atoms with Crippen molar-refractivity contribution in [3.63, 3.8) is 0 Å². The summed E-state index contributed by atoms with van der Waals surface area (Å²) in [5, 5.41) is 9.61. The van der Waals surface area contributed by atoms with Crippen LogP contribution < -0.4 is 13.8 Å². The number of carboxylic acid groups (broad SMARTS) is 1. The molecule has 0 bridgehead atoms. The highest BCUT2D eigenvalue weighted by molar-refractivity contribution is 7.92. The number of nitrogens with zero attached hydrogens (tertiary/aromatic N) is 1. The number of methoxy groups -OCH3 is 1. The van der Waals surface area contributed by atoms with Crippen molar-refractivity contribution in [3.05, 3.63) is 72.3 Å². The highest BCUT2D eigenvalue weighted by Crippen LogP contribution is 2.42. The molecule has 3 aromatic rings. The Labute approximate surface area is 206 Å². The Kier molecular flexibility index (Phi) is 6.51. The van der Waals surface area contributed by atoms with E-state index in [2.05, 4.69) is 0 Å². The summed E-state index contributed by atoms with van der Waals surface area (Å²) >= 11 is 0. The minimum atomic E-state index is -3.94. The lowest BCUT2D eigenvalue weighted by Gasteiger charge is -2.38. The van der Waals surface area contributed by atoms with E-state index in [1.807, 2.05) is 43.3 Å². The third kappa shape index (κ3) is 4.98. The summed E-state index contributed by atoms with van der Waals surface area (Å²) in [5.41, 5.74) is 1.83. The molecular formula is C27H29NO6S. The van der Waals surface area contributed by atoms with Crippen molar-refractivity contribution >= 4 is 21.7 Å². The molecule has 1 heterocycles. The van der Waals surface area contributed by atoms with Crippen molar-refractivity contribution in [2.24, 2.45) is 5.41 Å². The fraction of sp³-hybridized carbons (Fsp3) is 0.296. The summed E-state index contributed by atoms with van der Waals surface area (Å²) in [6, 6.07) is 19.6. The first-order chi connectivity index (χ1) is 16.5. The van der Waals surface area contributed by atoms with Gasteiger partial charge in [-0.05, 0) is 73.9 Å². The molecule has 1 N–H and O–H groups in total. The van der Waals surface area contributed by atoms with Crippen LogP contribution in [0.15, 0.2) is 71.6 Å². The minimum absolute atomic E-state index is 0.00154. The summed E-state index contributed by atoms with van der Waals surface area (Å²) < 4.78 is 40.5. The van der Waals surface area contributed by atoms with Gasteiger partial charge in [-0.2, -0.15) is 0 Å². The molecule has 0 saturated heterocycles. The zero-order valence-electron chi connectivity index (χ0n) is 20.2. The second-order valence-electron chi connectivity index (χ2n) is 9.40. The highest BCUT2D eigenvalue weighted by atomic mass is 32.2. The van der Waals surface area contributed by atoms with Gasteiger partial charge in [0.15, 0.2) is 0 Å². The van der Waals surface area contributed by atoms with Crippen molar-refractivity contribution in [2.75, 3.05) is 18.0 Å². The molecule has 184 valence electrons. The molecule has 7 nitrogen and oxygen atoms in total. The number of carbonyl (C=O) groups is 1. The average Bonchev–Trinajstić information content (AvgIpc) is 2.83. The van der Waals surface area contributed by atoms with Crippen molar-refractivity contribution < 1.29 is 27.8 Å². The molecule has 1 aliphatic rings. The molecule has 1 aliphatic heterocycles. The lowest BCUT2D eigenvalue weighted by atomic mass is 9.86. The summed E-state index contributed by atoms with van der Waals surface area (Å²) in [4.78, 5) is 11.9. The third-order valence-electron chi connectivity index (χ3n) is 6.19. The zero-order chi connectivity index (χ0) is 25.4. The van der Waals surface area contributed by atoms with Gasteiger partial charge in [-0.25, -0.2) is 8.42 Å². The first-order valence-electron chi connectivity index (χ1n) is 11.3. The normalized spacial score (nSPS) is 15.8. The molecule has 0 spiro atoms. The van der Waals surface area contributed by atoms with Crippen molar-refractivity contribution in [1.82, 2.24) is 0 Å². The van der Waals surface area contributed by atoms with Crippen LogP contribution in [0.5, 0.6) is 11.5 Å². The van der Waals surface area contributed by atoms with Gasteiger partial charge in [0.2, 0.25) is 0 Å². The molecule has 0 unspecified atom stereocenters. The van der Waals surface area contributed by atoms with Crippen LogP contribution in [0.1, 0.15) is 25.8 Å². The molecule has 0 aliphatic carbocycles. The second-order valence-corrected chi connectivity index (χ2v) is 11.3. The summed E-state index contributed by atoms with van der Waals surface area (Å²) in [5.74, 6) is 0.121. The van der Waals surface area contributed by atoms with Crippen LogP contribution in [0.4, 0.5) is 5.69 Å². The number of hydrogen-bond acceptors (Lipinski definition) is 5. The maximum absolute atomic E-state index is 13.8. The number of fused-ring (bicyclic) bond motifs is 1. The second kappa shape index (κ2) is 9.26. The number of ether oxygens (including phenoxy) is 2. The van der Waals surface area contributed by atoms with E-state index in [0.717, 1.165) is 16.7 Å². The Hall–Kier alpha value is -3.52. The number of aryl methyl sites for hydroxylation is 1. The van der Waals surface area contributed by atoms with Crippen LogP contribution in [-0.2, 0) is 14.8 Å². The van der Waals surface area contributed by atoms with Gasteiger partial charge in [0.05, 0.1) is 29.7 Å². The van der Waals surface area contributed by atoms with Crippen LogP contribution in [0.25, 0.3) is 11.1 Å². The highest BCUT2D eigenvalue weighted by Gasteiger charge is 2.39. The fourth-order valence-corrected chi connectivity index (χ4v) is 5.79. The van der Waals surface area contributed by atoms with Crippen LogP contribution in [0.2, 0.25) is 0 Å². The van der Waals surface area contributed by atoms with E-state index in [0.29, 0.717) is 17.2 Å². The molecule has 0 saturated carbocycles. The maximum atomic E-state index is 13.8. The monoisotopic (exact) mass is 495 g/mol. The quantitative estimate of drug-likeness (QED) is 0.489. The van der Waals surface area contributed by atoms with Gasteiger partial charge in [-0.1, -0.05) is 30.3 Å². The molecule has 0 aromatic heterocycles. The topological polar surface area (TPSA) is 93.1 Å². The molecule has 8 heteroatoms. The molecule has 35 heavy (non-hydrogen) atoms. The van der Waals surface area contributed by atoms with E-state index in [1.165, 1.54) is 4.31 Å². The van der Waals surface area contributed by atoms with Crippen molar-refractivity contribution in [1.29, 1.82) is 0 Å². The summed E-state index contributed by atoms with van der Waals surface area (Å²) in [7, 11) is -2.35. The Balaban J connectivity index is 1.82. The van der Waals surface area contributed by atoms with Gasteiger partial charge in [0, 0.05) is 6.42 Å². The third-order valence-corrected chi connectivity index (χ3v) is 7.96. The van der Waals surface area contributed by atoms with E-state index in [-0.39, 0.29) is 17.9 Å². The van der Waals surface area contributed by atoms with Crippen LogP contribution in [0, 0.1) is 12.3 Å². The zero-order valence-corrected chi connectivity index (χ0v) is 21.0. The number of anilines is 1. The Morgan fingerprint density at radius 2 is 1.80 bits per heavy atom. The largest absolute Gasteiger partial charge is 0.497 e. The average molecular weight is 496 g/mol. The van der Waals surface area contributed by atoms with E-state index in [1.54, 1.807) is 51.3 Å². The molecular weight excluding hydrogens is 466 g/mol. The van der Waals surface area contributed by atoms with E-state index in [4.69, 9.17) is 9.47 Å². The minimum Gasteiger partial charge on any atom is -0.497 e. The molecule has 0 radical (unpaired) electrons. The predicted molar refractivity (Wildman–Crippen MR) is 135 cm³/mol. The van der Waals surface area contributed by atoms with Gasteiger partial charge in [-0.3, -0.25) is 9.10 Å². The van der Waals surface area contributed by atoms with E-state index >= 15 is 0 Å². The Morgan fingerprint density at radius 1 is 1.09 bits per heavy atom. The maximum Gasteiger partial charge on any atom is 0.309 e. The lowest BCUT2D eigenvalue weighted by Crippen LogP contribution is -2.46. The van der Waals surface area contributed by atoms with E-state index in [9.17, 15) is 18.3 Å². The Bertz CT molecular complexity index is 1370. The Morgan fingerprint density at radius 3 is 2.49 bits per heavy atom. The fourth-order valence-electron chi connectivity index (χ4n) is 4.19. The number of hydrogen-bond donors (Lipinski definition) is 1. The van der Waals surface area contributed by atoms with Gasteiger partial charge in [-0.15, -0.1) is 0 Å². The van der Waals surface area contributed by atoms with Gasteiger partial charge in [0.1, 0.15) is 17.6 Å². The summed E-state index contributed by atoms with van der Waals surface area (Å²) in [6.45, 7) is 5.06. The number of benzene rings is 3. The van der Waals surface area contributed by atoms with Crippen molar-refractivity contribution in [2.45, 2.75) is 38.2 Å². The van der Waals surface area contributed by atoms with E-state index < -0.39 is 27.5 Å². The standard InChI is InChI=1S/C27H29NO6S/c1-18-7-5-10-23(13-18)35(31,32)28-17-22(16-27(2,3)26(29)30)34-25-12-11-20(15-24(25)28)19-8-6-9-21(14-19)33-4/h5-15,22H,16-17H2,1-4H3,(H,29,30)/t22-/m0/s1. The summed E-state index contributed by atoms with van der Waals surface area (Å²) in [6.07, 6.45) is -0.477. The van der Waals surface area contributed by atoms with Crippen LogP contribution in [-0.4, -0.2) is 39.3 Å².